The molecule has 20 heavy (non-hydrogen) atoms. The monoisotopic (exact) mass is 273 g/mol. The number of carbonyl (C=O) groups is 1. The second-order valence-corrected chi connectivity index (χ2v) is 5.15. The minimum absolute atomic E-state index is 0.174. The zero-order valence-corrected chi connectivity index (χ0v) is 12.0. The molecule has 106 valence electrons. The number of hydrogen-bond acceptors (Lipinski definition) is 2. The fourth-order valence-electron chi connectivity index (χ4n) is 2.30. The van der Waals surface area contributed by atoms with Gasteiger partial charge < -0.3 is 5.32 Å². The Morgan fingerprint density at radius 1 is 1.25 bits per heavy atom. The van der Waals surface area contributed by atoms with Gasteiger partial charge in [-0.25, -0.2) is 4.68 Å². The van der Waals surface area contributed by atoms with Crippen molar-refractivity contribution in [2.75, 3.05) is 5.32 Å². The standard InChI is InChI=1S/C15H19N3O2/c1-11(2)9-17-15(20)14(16-10-19)12(3)18(17)13-7-5-4-6-8-13/h4-8,10-11H,9H2,1-3H3,(H,16,19). The summed E-state index contributed by atoms with van der Waals surface area (Å²) in [4.78, 5) is 23.1. The van der Waals surface area contributed by atoms with Crippen molar-refractivity contribution < 1.29 is 4.79 Å². The van der Waals surface area contributed by atoms with Crippen LogP contribution in [0.25, 0.3) is 5.69 Å². The van der Waals surface area contributed by atoms with Crippen LogP contribution in [0.5, 0.6) is 0 Å². The number of hydrogen-bond donors (Lipinski definition) is 1. The van der Waals surface area contributed by atoms with E-state index in [-0.39, 0.29) is 5.56 Å². The molecular weight excluding hydrogens is 254 g/mol. The normalized spacial score (nSPS) is 10.8. The average molecular weight is 273 g/mol. The van der Waals surface area contributed by atoms with Gasteiger partial charge in [0, 0.05) is 6.54 Å². The molecule has 0 radical (unpaired) electrons. The smallest absolute Gasteiger partial charge is 0.291 e. The van der Waals surface area contributed by atoms with E-state index in [1.54, 1.807) is 4.68 Å². The summed E-state index contributed by atoms with van der Waals surface area (Å²) in [6.07, 6.45) is 0.540. The van der Waals surface area contributed by atoms with Gasteiger partial charge in [-0.15, -0.1) is 0 Å². The van der Waals surface area contributed by atoms with Gasteiger partial charge in [-0.2, -0.15) is 0 Å². The van der Waals surface area contributed by atoms with Crippen LogP contribution in [0.2, 0.25) is 0 Å². The molecule has 1 amide bonds. The molecule has 0 spiro atoms. The molecule has 0 unspecified atom stereocenters. The molecule has 0 saturated carbocycles. The lowest BCUT2D eigenvalue weighted by Gasteiger charge is -2.15. The van der Waals surface area contributed by atoms with Gasteiger partial charge in [-0.3, -0.25) is 14.3 Å². The Kier molecular flexibility index (Phi) is 4.08. The SMILES string of the molecule is Cc1c(NC=O)c(=O)n(CC(C)C)n1-c1ccccc1. The van der Waals surface area contributed by atoms with Crippen molar-refractivity contribution in [3.63, 3.8) is 0 Å². The summed E-state index contributed by atoms with van der Waals surface area (Å²) in [7, 11) is 0. The van der Waals surface area contributed by atoms with Crippen LogP contribution < -0.4 is 10.9 Å². The molecule has 1 heterocycles. The first-order chi connectivity index (χ1) is 9.56. The molecule has 0 aliphatic carbocycles. The molecule has 0 aliphatic rings. The van der Waals surface area contributed by atoms with E-state index in [0.717, 1.165) is 11.4 Å². The first-order valence-electron chi connectivity index (χ1n) is 6.64. The fraction of sp³-hybridized carbons (Fsp3) is 0.333. The fourth-order valence-corrected chi connectivity index (χ4v) is 2.30. The maximum atomic E-state index is 12.4. The van der Waals surface area contributed by atoms with Gasteiger partial charge in [-0.05, 0) is 25.0 Å². The molecule has 0 bridgehead atoms. The molecule has 1 aromatic heterocycles. The third kappa shape index (κ3) is 2.52. The number of nitrogens with zero attached hydrogens (tertiary/aromatic N) is 2. The Morgan fingerprint density at radius 2 is 1.90 bits per heavy atom. The Bertz CT molecular complexity index is 654. The van der Waals surface area contributed by atoms with E-state index in [2.05, 4.69) is 19.2 Å². The lowest BCUT2D eigenvalue weighted by Crippen LogP contribution is -2.25. The minimum atomic E-state index is -0.174. The molecule has 0 fully saturated rings. The number of benzene rings is 1. The predicted molar refractivity (Wildman–Crippen MR) is 79.3 cm³/mol. The van der Waals surface area contributed by atoms with E-state index in [4.69, 9.17) is 0 Å². The Morgan fingerprint density at radius 3 is 2.45 bits per heavy atom. The van der Waals surface area contributed by atoms with Crippen molar-refractivity contribution in [3.8, 4) is 5.69 Å². The first-order valence-corrected chi connectivity index (χ1v) is 6.64. The van der Waals surface area contributed by atoms with Gasteiger partial charge in [0.15, 0.2) is 0 Å². The summed E-state index contributed by atoms with van der Waals surface area (Å²) in [5.41, 5.74) is 1.80. The zero-order chi connectivity index (χ0) is 14.7. The molecule has 0 aliphatic heterocycles. The van der Waals surface area contributed by atoms with Crippen molar-refractivity contribution in [2.24, 2.45) is 5.92 Å². The first kappa shape index (κ1) is 14.1. The average Bonchev–Trinajstić information content (AvgIpc) is 2.64. The second-order valence-electron chi connectivity index (χ2n) is 5.15. The molecule has 2 aromatic rings. The summed E-state index contributed by atoms with van der Waals surface area (Å²) < 4.78 is 3.52. The van der Waals surface area contributed by atoms with Gasteiger partial charge >= 0.3 is 0 Å². The van der Waals surface area contributed by atoms with Crippen molar-refractivity contribution in [1.29, 1.82) is 0 Å². The van der Waals surface area contributed by atoms with Crippen LogP contribution in [0.4, 0.5) is 5.69 Å². The van der Waals surface area contributed by atoms with Crippen molar-refractivity contribution in [1.82, 2.24) is 9.36 Å². The number of nitrogens with one attached hydrogen (secondary N) is 1. The van der Waals surface area contributed by atoms with Crippen LogP contribution in [0.1, 0.15) is 19.5 Å². The van der Waals surface area contributed by atoms with Crippen LogP contribution >= 0.6 is 0 Å². The second kappa shape index (κ2) is 5.77. The Labute approximate surface area is 117 Å². The third-order valence-electron chi connectivity index (χ3n) is 3.11. The molecule has 2 rings (SSSR count). The lowest BCUT2D eigenvalue weighted by molar-refractivity contribution is -0.105. The van der Waals surface area contributed by atoms with Crippen molar-refractivity contribution >= 4 is 12.1 Å². The molecule has 5 heteroatoms. The maximum Gasteiger partial charge on any atom is 0.291 e. The maximum absolute atomic E-state index is 12.4. The van der Waals surface area contributed by atoms with Crippen LogP contribution in [0.15, 0.2) is 35.1 Å². The third-order valence-corrected chi connectivity index (χ3v) is 3.11. The molecule has 1 aromatic carbocycles. The van der Waals surface area contributed by atoms with Crippen molar-refractivity contribution in [2.45, 2.75) is 27.3 Å². The van der Waals surface area contributed by atoms with Crippen LogP contribution in [0.3, 0.4) is 0 Å². The number of anilines is 1. The summed E-state index contributed by atoms with van der Waals surface area (Å²) in [5, 5.41) is 2.51. The minimum Gasteiger partial charge on any atom is -0.323 e. The van der Waals surface area contributed by atoms with Gasteiger partial charge in [-0.1, -0.05) is 32.0 Å². The Balaban J connectivity index is 2.67. The van der Waals surface area contributed by atoms with Gasteiger partial charge in [0.2, 0.25) is 6.41 Å². The summed E-state index contributed by atoms with van der Waals surface area (Å²) in [6.45, 7) is 6.53. The molecule has 0 atom stereocenters. The highest BCUT2D eigenvalue weighted by Crippen LogP contribution is 2.17. The molecule has 5 nitrogen and oxygen atoms in total. The van der Waals surface area contributed by atoms with E-state index in [0.29, 0.717) is 24.6 Å². The van der Waals surface area contributed by atoms with Crippen LogP contribution in [-0.4, -0.2) is 15.8 Å². The highest BCUT2D eigenvalue weighted by molar-refractivity contribution is 5.72. The number of rotatable bonds is 5. The van der Waals surface area contributed by atoms with Gasteiger partial charge in [0.05, 0.1) is 11.4 Å². The topological polar surface area (TPSA) is 56.0 Å². The number of carbonyl (C=O) groups excluding carboxylic acids is 1. The van der Waals surface area contributed by atoms with Crippen LogP contribution in [-0.2, 0) is 11.3 Å². The highest BCUT2D eigenvalue weighted by atomic mass is 16.1. The quantitative estimate of drug-likeness (QED) is 0.849. The predicted octanol–water partition coefficient (Wildman–Crippen LogP) is 2.17. The van der Waals surface area contributed by atoms with Crippen LogP contribution in [0, 0.1) is 12.8 Å². The lowest BCUT2D eigenvalue weighted by atomic mass is 10.2. The number of para-hydroxylation sites is 1. The number of aromatic nitrogens is 2. The van der Waals surface area contributed by atoms with E-state index in [1.165, 1.54) is 0 Å². The summed E-state index contributed by atoms with van der Waals surface area (Å²) in [6, 6.07) is 9.65. The highest BCUT2D eigenvalue weighted by Gasteiger charge is 2.18. The summed E-state index contributed by atoms with van der Waals surface area (Å²) in [5.74, 6) is 0.327. The van der Waals surface area contributed by atoms with E-state index < -0.39 is 0 Å². The van der Waals surface area contributed by atoms with E-state index in [1.807, 2.05) is 41.9 Å². The van der Waals surface area contributed by atoms with Gasteiger partial charge in [0.25, 0.3) is 5.56 Å². The summed E-state index contributed by atoms with van der Waals surface area (Å²) >= 11 is 0. The molecular formula is C15H19N3O2. The Hall–Kier alpha value is -2.30. The van der Waals surface area contributed by atoms with Crippen molar-refractivity contribution in [3.05, 3.63) is 46.4 Å². The van der Waals surface area contributed by atoms with E-state index in [9.17, 15) is 9.59 Å². The van der Waals surface area contributed by atoms with E-state index >= 15 is 0 Å². The molecule has 0 saturated heterocycles. The number of amides is 1. The zero-order valence-electron chi connectivity index (χ0n) is 12.0. The largest absolute Gasteiger partial charge is 0.323 e. The van der Waals surface area contributed by atoms with Gasteiger partial charge in [0.1, 0.15) is 5.69 Å². The molecule has 1 N–H and O–H groups in total.